The number of likely N-dealkylation sites (tertiary alicyclic amines) is 1. The topological polar surface area (TPSA) is 49.4 Å². The maximum absolute atomic E-state index is 12.9. The molecule has 0 bridgehead atoms. The number of hydrogen-bond acceptors (Lipinski definition) is 3. The largest absolute Gasteiger partial charge is 0.339 e. The molecule has 0 aromatic heterocycles. The van der Waals surface area contributed by atoms with Gasteiger partial charge >= 0.3 is 0 Å². The monoisotopic (exact) mass is 378 g/mol. The van der Waals surface area contributed by atoms with Crippen molar-refractivity contribution in [3.8, 4) is 0 Å². The number of thioether (sulfide) groups is 1. The zero-order chi connectivity index (χ0) is 17.4. The molecule has 1 saturated carbocycles. The maximum atomic E-state index is 12.9. The molecule has 4 rings (SSSR count). The van der Waals surface area contributed by atoms with Gasteiger partial charge in [-0.2, -0.15) is 0 Å². The number of amides is 2. The molecule has 2 aliphatic heterocycles. The van der Waals surface area contributed by atoms with Crippen molar-refractivity contribution in [2.75, 3.05) is 11.9 Å². The van der Waals surface area contributed by atoms with Gasteiger partial charge in [-0.1, -0.05) is 24.4 Å². The number of rotatable bonds is 2. The molecule has 3 aliphatic rings. The second-order valence-electron chi connectivity index (χ2n) is 7.28. The van der Waals surface area contributed by atoms with Crippen molar-refractivity contribution in [3.05, 3.63) is 23.2 Å². The van der Waals surface area contributed by atoms with Gasteiger partial charge in [0.2, 0.25) is 11.8 Å². The van der Waals surface area contributed by atoms with Crippen molar-refractivity contribution in [1.82, 2.24) is 4.90 Å². The van der Waals surface area contributed by atoms with Gasteiger partial charge < -0.3 is 10.2 Å². The number of halogens is 1. The van der Waals surface area contributed by atoms with Crippen molar-refractivity contribution in [2.24, 2.45) is 5.92 Å². The first-order valence-electron chi connectivity index (χ1n) is 9.18. The molecule has 1 aromatic rings. The quantitative estimate of drug-likeness (QED) is 0.833. The van der Waals surface area contributed by atoms with Crippen LogP contribution < -0.4 is 5.32 Å². The standard InChI is InChI=1S/C19H23ClN2O2S/c20-13-7-8-16-14(10-13)21-19(24)17(25-16)11-18(23)22-9-3-5-12-4-1-2-6-15(12)22/h7-8,10,12,15,17H,1-6,9,11H2,(H,21,24)/t12-,15-,17-/m1/s1. The first-order chi connectivity index (χ1) is 12.1. The average Bonchev–Trinajstić information content (AvgIpc) is 2.62. The molecule has 0 unspecified atom stereocenters. The van der Waals surface area contributed by atoms with Crippen LogP contribution in [0.3, 0.4) is 0 Å². The van der Waals surface area contributed by atoms with Crippen LogP contribution in [0.25, 0.3) is 0 Å². The lowest BCUT2D eigenvalue weighted by Crippen LogP contribution is -2.50. The van der Waals surface area contributed by atoms with Crippen molar-refractivity contribution in [1.29, 1.82) is 0 Å². The highest BCUT2D eigenvalue weighted by Gasteiger charge is 2.38. The Morgan fingerprint density at radius 2 is 2.04 bits per heavy atom. The van der Waals surface area contributed by atoms with Crippen LogP contribution in [0.1, 0.15) is 44.9 Å². The summed E-state index contributed by atoms with van der Waals surface area (Å²) in [6.07, 6.45) is 7.52. The Bertz CT molecular complexity index is 694. The zero-order valence-electron chi connectivity index (χ0n) is 14.2. The molecule has 1 aliphatic carbocycles. The van der Waals surface area contributed by atoms with Gasteiger partial charge in [-0.05, 0) is 49.8 Å². The minimum absolute atomic E-state index is 0.0923. The highest BCUT2D eigenvalue weighted by atomic mass is 35.5. The van der Waals surface area contributed by atoms with E-state index in [4.69, 9.17) is 11.6 Å². The summed E-state index contributed by atoms with van der Waals surface area (Å²) in [5, 5.41) is 3.15. The van der Waals surface area contributed by atoms with Crippen LogP contribution in [0, 0.1) is 5.92 Å². The van der Waals surface area contributed by atoms with Crippen LogP contribution in [-0.4, -0.2) is 34.6 Å². The molecular weight excluding hydrogens is 356 g/mol. The van der Waals surface area contributed by atoms with E-state index in [9.17, 15) is 9.59 Å². The van der Waals surface area contributed by atoms with E-state index >= 15 is 0 Å². The van der Waals surface area contributed by atoms with Crippen molar-refractivity contribution < 1.29 is 9.59 Å². The lowest BCUT2D eigenvalue weighted by Gasteiger charge is -2.44. The molecule has 1 aromatic carbocycles. The van der Waals surface area contributed by atoms with Crippen molar-refractivity contribution in [2.45, 2.75) is 61.1 Å². The molecule has 0 radical (unpaired) electrons. The van der Waals surface area contributed by atoms with E-state index < -0.39 is 0 Å². The molecule has 1 saturated heterocycles. The summed E-state index contributed by atoms with van der Waals surface area (Å²) in [7, 11) is 0. The number of fused-ring (bicyclic) bond motifs is 2. The molecule has 134 valence electrons. The first-order valence-corrected chi connectivity index (χ1v) is 10.4. The lowest BCUT2D eigenvalue weighted by molar-refractivity contribution is -0.138. The fourth-order valence-corrected chi connectivity index (χ4v) is 5.72. The fourth-order valence-electron chi connectivity index (χ4n) is 4.47. The Hall–Kier alpha value is -1.20. The second kappa shape index (κ2) is 7.20. The number of carbonyl (C=O) groups is 2. The number of nitrogens with zero attached hydrogens (tertiary/aromatic N) is 1. The van der Waals surface area contributed by atoms with E-state index in [1.165, 1.54) is 37.4 Å². The average molecular weight is 379 g/mol. The molecule has 1 N–H and O–H groups in total. The Balaban J connectivity index is 1.45. The van der Waals surface area contributed by atoms with Crippen LogP contribution >= 0.6 is 23.4 Å². The Labute approximate surface area is 157 Å². The summed E-state index contributed by atoms with van der Waals surface area (Å²) in [5.41, 5.74) is 0.747. The molecule has 4 nitrogen and oxygen atoms in total. The minimum atomic E-state index is -0.356. The molecule has 3 atom stereocenters. The summed E-state index contributed by atoms with van der Waals surface area (Å²) < 4.78 is 0. The van der Waals surface area contributed by atoms with Crippen molar-refractivity contribution >= 4 is 40.9 Å². The maximum Gasteiger partial charge on any atom is 0.238 e. The third kappa shape index (κ3) is 3.54. The lowest BCUT2D eigenvalue weighted by atomic mass is 9.78. The summed E-state index contributed by atoms with van der Waals surface area (Å²) in [4.78, 5) is 28.4. The van der Waals surface area contributed by atoms with E-state index in [-0.39, 0.29) is 23.5 Å². The van der Waals surface area contributed by atoms with E-state index in [0.717, 1.165) is 30.0 Å². The molecule has 2 amide bonds. The van der Waals surface area contributed by atoms with Gasteiger partial charge in [0.15, 0.2) is 0 Å². The molecule has 0 spiro atoms. The van der Waals surface area contributed by atoms with E-state index in [1.54, 1.807) is 6.07 Å². The van der Waals surface area contributed by atoms with Crippen molar-refractivity contribution in [3.63, 3.8) is 0 Å². The number of hydrogen-bond donors (Lipinski definition) is 1. The second-order valence-corrected chi connectivity index (χ2v) is 8.96. The van der Waals surface area contributed by atoms with Gasteiger partial charge in [0.05, 0.1) is 10.9 Å². The van der Waals surface area contributed by atoms with E-state index in [1.807, 2.05) is 12.1 Å². The molecule has 25 heavy (non-hydrogen) atoms. The van der Waals surface area contributed by atoms with Gasteiger partial charge in [0.25, 0.3) is 0 Å². The summed E-state index contributed by atoms with van der Waals surface area (Å²) in [5.74, 6) is 0.717. The summed E-state index contributed by atoms with van der Waals surface area (Å²) in [6.45, 7) is 0.852. The third-order valence-electron chi connectivity index (χ3n) is 5.68. The number of nitrogens with one attached hydrogen (secondary N) is 1. The van der Waals surface area contributed by atoms with Crippen LogP contribution in [0.2, 0.25) is 5.02 Å². The molecular formula is C19H23ClN2O2S. The summed E-state index contributed by atoms with van der Waals surface area (Å²) >= 11 is 7.47. The van der Waals surface area contributed by atoms with Gasteiger partial charge in [0, 0.05) is 28.9 Å². The number of anilines is 1. The highest BCUT2D eigenvalue weighted by molar-refractivity contribution is 8.01. The highest BCUT2D eigenvalue weighted by Crippen LogP contribution is 2.40. The smallest absolute Gasteiger partial charge is 0.238 e. The first kappa shape index (κ1) is 17.2. The predicted octanol–water partition coefficient (Wildman–Crippen LogP) is 4.32. The van der Waals surface area contributed by atoms with Crippen LogP contribution in [-0.2, 0) is 9.59 Å². The predicted molar refractivity (Wildman–Crippen MR) is 101 cm³/mol. The number of carbonyl (C=O) groups excluding carboxylic acids is 2. The van der Waals surface area contributed by atoms with Gasteiger partial charge in [-0.3, -0.25) is 9.59 Å². The van der Waals surface area contributed by atoms with Crippen LogP contribution in [0.5, 0.6) is 0 Å². The van der Waals surface area contributed by atoms with Crippen LogP contribution in [0.4, 0.5) is 5.69 Å². The Kier molecular flexibility index (Phi) is 4.96. The molecule has 6 heteroatoms. The van der Waals surface area contributed by atoms with Crippen LogP contribution in [0.15, 0.2) is 23.1 Å². The number of benzene rings is 1. The van der Waals surface area contributed by atoms with Gasteiger partial charge in [-0.15, -0.1) is 11.8 Å². The number of piperidine rings is 1. The summed E-state index contributed by atoms with van der Waals surface area (Å²) in [6, 6.07) is 5.90. The minimum Gasteiger partial charge on any atom is -0.339 e. The van der Waals surface area contributed by atoms with Gasteiger partial charge in [-0.25, -0.2) is 0 Å². The Morgan fingerprint density at radius 3 is 2.92 bits per heavy atom. The third-order valence-corrected chi connectivity index (χ3v) is 7.20. The van der Waals surface area contributed by atoms with Gasteiger partial charge in [0.1, 0.15) is 0 Å². The van der Waals surface area contributed by atoms with E-state index in [0.29, 0.717) is 17.0 Å². The molecule has 2 fully saturated rings. The Morgan fingerprint density at radius 1 is 1.24 bits per heavy atom. The SMILES string of the molecule is O=C1Nc2cc(Cl)ccc2S[C@@H]1CC(=O)N1CCC[C@H]2CCCC[C@H]21. The zero-order valence-corrected chi connectivity index (χ0v) is 15.7. The normalized spacial score (nSPS) is 28.8. The fraction of sp³-hybridized carbons (Fsp3) is 0.579. The molecule has 2 heterocycles. The van der Waals surface area contributed by atoms with E-state index in [2.05, 4.69) is 10.2 Å².